The van der Waals surface area contributed by atoms with Crippen LogP contribution in [0.1, 0.15) is 11.4 Å². The Morgan fingerprint density at radius 3 is 1.04 bits per heavy atom. The summed E-state index contributed by atoms with van der Waals surface area (Å²) >= 11 is 0. The lowest BCUT2D eigenvalue weighted by atomic mass is 9.94. The molecule has 9 aromatic rings. The molecule has 0 fully saturated rings. The Labute approximate surface area is 287 Å². The predicted octanol–water partition coefficient (Wildman–Crippen LogP) is 10.2. The quantitative estimate of drug-likeness (QED) is 0.164. The smallest absolute Gasteiger partial charge is 0.248 e. The van der Waals surface area contributed by atoms with E-state index in [1.165, 1.54) is 0 Å². The van der Waals surface area contributed by atoms with Crippen LogP contribution in [0.2, 0.25) is 0 Å². The molecule has 0 saturated heterocycles. The summed E-state index contributed by atoms with van der Waals surface area (Å²) in [5.74, 6) is 1.95. The first-order chi connectivity index (χ1) is 24.6. The molecule has 0 bridgehead atoms. The number of aryl methyl sites for hydroxylation is 2. The summed E-state index contributed by atoms with van der Waals surface area (Å²) < 4.78 is 12.0. The molecule has 0 unspecified atom stereocenters. The van der Waals surface area contributed by atoms with Crippen LogP contribution in [0.15, 0.2) is 142 Å². The van der Waals surface area contributed by atoms with E-state index in [-0.39, 0.29) is 0 Å². The third kappa shape index (κ3) is 5.29. The van der Waals surface area contributed by atoms with E-state index in [2.05, 4.69) is 68.9 Å². The highest BCUT2D eigenvalue weighted by atomic mass is 16.4. The molecule has 0 N–H and O–H groups in total. The third-order valence-corrected chi connectivity index (χ3v) is 8.79. The molecule has 8 heteroatoms. The average Bonchev–Trinajstić information content (AvgIpc) is 3.87. The number of aromatic nitrogens is 6. The van der Waals surface area contributed by atoms with E-state index in [9.17, 15) is 0 Å². The van der Waals surface area contributed by atoms with Gasteiger partial charge in [0, 0.05) is 44.4 Å². The molecule has 5 aromatic carbocycles. The van der Waals surface area contributed by atoms with E-state index in [0.717, 1.165) is 77.7 Å². The fourth-order valence-corrected chi connectivity index (χ4v) is 6.37. The molecule has 0 aliphatic heterocycles. The molecular formula is C42H28N6O2. The van der Waals surface area contributed by atoms with Crippen molar-refractivity contribution in [1.82, 2.24) is 30.4 Å². The molecule has 238 valence electrons. The first kappa shape index (κ1) is 29.3. The van der Waals surface area contributed by atoms with Crippen molar-refractivity contribution in [3.8, 4) is 68.1 Å². The van der Waals surface area contributed by atoms with Crippen molar-refractivity contribution in [2.24, 2.45) is 0 Å². The minimum Gasteiger partial charge on any atom is -0.416 e. The molecule has 9 rings (SSSR count). The Hall–Kier alpha value is -6.80. The molecule has 0 spiro atoms. The van der Waals surface area contributed by atoms with Crippen LogP contribution in [0.25, 0.3) is 89.9 Å². The largest absolute Gasteiger partial charge is 0.416 e. The Morgan fingerprint density at radius 2 is 0.680 bits per heavy atom. The zero-order chi connectivity index (χ0) is 33.6. The first-order valence-electron chi connectivity index (χ1n) is 16.3. The lowest BCUT2D eigenvalue weighted by Crippen LogP contribution is -1.95. The molecule has 50 heavy (non-hydrogen) atoms. The summed E-state index contributed by atoms with van der Waals surface area (Å²) in [6.45, 7) is 4.05. The van der Waals surface area contributed by atoms with Gasteiger partial charge in [0.1, 0.15) is 0 Å². The molecule has 0 aliphatic carbocycles. The van der Waals surface area contributed by atoms with Gasteiger partial charge in [-0.15, -0.1) is 20.4 Å². The van der Waals surface area contributed by atoms with Crippen molar-refractivity contribution in [1.29, 1.82) is 0 Å². The summed E-state index contributed by atoms with van der Waals surface area (Å²) in [7, 11) is 0. The van der Waals surface area contributed by atoms with Crippen LogP contribution in [-0.4, -0.2) is 30.4 Å². The van der Waals surface area contributed by atoms with Gasteiger partial charge in [0.2, 0.25) is 23.6 Å². The van der Waals surface area contributed by atoms with E-state index >= 15 is 0 Å². The normalized spacial score (nSPS) is 11.4. The van der Waals surface area contributed by atoms with Gasteiger partial charge in [-0.25, -0.2) is 0 Å². The molecule has 0 atom stereocenters. The van der Waals surface area contributed by atoms with E-state index in [4.69, 9.17) is 18.8 Å². The maximum atomic E-state index is 5.99. The van der Waals surface area contributed by atoms with E-state index in [1.807, 2.05) is 98.8 Å². The van der Waals surface area contributed by atoms with Gasteiger partial charge in [-0.05, 0) is 96.8 Å². The van der Waals surface area contributed by atoms with E-state index in [0.29, 0.717) is 23.6 Å². The zero-order valence-corrected chi connectivity index (χ0v) is 27.2. The van der Waals surface area contributed by atoms with Gasteiger partial charge in [-0.2, -0.15) is 0 Å². The zero-order valence-electron chi connectivity index (χ0n) is 27.2. The van der Waals surface area contributed by atoms with Crippen molar-refractivity contribution < 1.29 is 8.83 Å². The van der Waals surface area contributed by atoms with Gasteiger partial charge in [0.25, 0.3) is 0 Å². The minimum atomic E-state index is 0.478. The second-order valence-corrected chi connectivity index (χ2v) is 12.2. The van der Waals surface area contributed by atoms with Crippen molar-refractivity contribution in [2.45, 2.75) is 13.8 Å². The average molecular weight is 649 g/mol. The highest BCUT2D eigenvalue weighted by molar-refractivity contribution is 6.12. The lowest BCUT2D eigenvalue weighted by molar-refractivity contribution is 0.584. The van der Waals surface area contributed by atoms with Crippen LogP contribution in [0.4, 0.5) is 0 Å². The molecule has 0 radical (unpaired) electrons. The highest BCUT2D eigenvalue weighted by Gasteiger charge is 2.17. The minimum absolute atomic E-state index is 0.478. The number of hydrogen-bond donors (Lipinski definition) is 0. The number of pyridine rings is 2. The maximum absolute atomic E-state index is 5.99. The van der Waals surface area contributed by atoms with Crippen LogP contribution < -0.4 is 0 Å². The second kappa shape index (κ2) is 12.0. The van der Waals surface area contributed by atoms with Gasteiger partial charge in [0.05, 0.1) is 11.0 Å². The standard InChI is InChI=1S/C42H28N6O2/c1-25-23-35(27-13-17-31(18-14-27)41-47-45-39(49-41)29-9-5-3-6-10-29)33-21-22-34-36(24-26(2)44-38(34)37(33)43-25)28-15-19-32(20-16-28)42-48-46-40(50-42)30-11-7-4-8-12-30/h3-24H,1-2H3. The number of nitrogens with zero attached hydrogens (tertiary/aromatic N) is 6. The number of fused-ring (bicyclic) bond motifs is 3. The summed E-state index contributed by atoms with van der Waals surface area (Å²) in [5, 5.41) is 19.1. The molecule has 4 aromatic heterocycles. The summed E-state index contributed by atoms with van der Waals surface area (Å²) in [4.78, 5) is 10.0. The Kier molecular flexibility index (Phi) is 7.05. The van der Waals surface area contributed by atoms with Crippen molar-refractivity contribution in [3.63, 3.8) is 0 Å². The van der Waals surface area contributed by atoms with Crippen LogP contribution >= 0.6 is 0 Å². The molecule has 8 nitrogen and oxygen atoms in total. The molecule has 0 saturated carbocycles. The van der Waals surface area contributed by atoms with Crippen LogP contribution in [0.5, 0.6) is 0 Å². The molecule has 0 aliphatic rings. The summed E-state index contributed by atoms with van der Waals surface area (Å²) in [6, 6.07) is 44.5. The number of rotatable bonds is 6. The van der Waals surface area contributed by atoms with Crippen LogP contribution in [-0.2, 0) is 0 Å². The fourth-order valence-electron chi connectivity index (χ4n) is 6.37. The molecule has 4 heterocycles. The van der Waals surface area contributed by atoms with E-state index < -0.39 is 0 Å². The van der Waals surface area contributed by atoms with Gasteiger partial charge in [-0.1, -0.05) is 72.8 Å². The number of hydrogen-bond acceptors (Lipinski definition) is 8. The molecule has 0 amide bonds. The Bertz CT molecular complexity index is 2460. The van der Waals surface area contributed by atoms with Gasteiger partial charge < -0.3 is 8.83 Å². The predicted molar refractivity (Wildman–Crippen MR) is 195 cm³/mol. The monoisotopic (exact) mass is 648 g/mol. The van der Waals surface area contributed by atoms with Gasteiger partial charge in [0.15, 0.2) is 0 Å². The first-order valence-corrected chi connectivity index (χ1v) is 16.3. The van der Waals surface area contributed by atoms with Crippen LogP contribution in [0.3, 0.4) is 0 Å². The second-order valence-electron chi connectivity index (χ2n) is 12.2. The van der Waals surface area contributed by atoms with Gasteiger partial charge >= 0.3 is 0 Å². The van der Waals surface area contributed by atoms with Crippen molar-refractivity contribution in [2.75, 3.05) is 0 Å². The Morgan fingerprint density at radius 1 is 0.360 bits per heavy atom. The van der Waals surface area contributed by atoms with Crippen LogP contribution in [0, 0.1) is 13.8 Å². The fraction of sp³-hybridized carbons (Fsp3) is 0.0476. The Balaban J connectivity index is 1.06. The van der Waals surface area contributed by atoms with Crippen molar-refractivity contribution in [3.05, 3.63) is 145 Å². The number of benzene rings is 5. The lowest BCUT2D eigenvalue weighted by Gasteiger charge is -2.14. The molecular weight excluding hydrogens is 621 g/mol. The maximum Gasteiger partial charge on any atom is 0.248 e. The topological polar surface area (TPSA) is 104 Å². The third-order valence-electron chi connectivity index (χ3n) is 8.79. The highest BCUT2D eigenvalue weighted by Crippen LogP contribution is 2.37. The summed E-state index contributed by atoms with van der Waals surface area (Å²) in [6.07, 6.45) is 0. The van der Waals surface area contributed by atoms with Crippen molar-refractivity contribution >= 4 is 21.8 Å². The van der Waals surface area contributed by atoms with E-state index in [1.54, 1.807) is 0 Å². The SMILES string of the molecule is Cc1cc(-c2ccc(-c3nnc(-c4ccccc4)o3)cc2)c2ccc3c(-c4ccc(-c5nnc(-c6ccccc6)o5)cc4)cc(C)nc3c2n1. The summed E-state index contributed by atoms with van der Waals surface area (Å²) in [5.41, 5.74) is 11.3. The van der Waals surface area contributed by atoms with Gasteiger partial charge in [-0.3, -0.25) is 9.97 Å².